The molecule has 90 valence electrons. The third-order valence-corrected chi connectivity index (χ3v) is 2.33. The van der Waals surface area contributed by atoms with E-state index in [1.165, 1.54) is 0 Å². The van der Waals surface area contributed by atoms with Crippen molar-refractivity contribution in [1.82, 2.24) is 0 Å². The number of hydrogen-bond acceptors (Lipinski definition) is 3. The van der Waals surface area contributed by atoms with Gasteiger partial charge in [-0.15, -0.1) is 0 Å². The zero-order valence-corrected chi connectivity index (χ0v) is 10.3. The van der Waals surface area contributed by atoms with Crippen LogP contribution in [0.1, 0.15) is 13.3 Å². The molecule has 5 heteroatoms. The summed E-state index contributed by atoms with van der Waals surface area (Å²) in [6.45, 7) is 6.09. The summed E-state index contributed by atoms with van der Waals surface area (Å²) in [5.41, 5.74) is 0. The van der Waals surface area contributed by atoms with E-state index in [2.05, 4.69) is 6.58 Å². The molecule has 0 spiro atoms. The Labute approximate surface area is 97.5 Å². The van der Waals surface area contributed by atoms with Crippen molar-refractivity contribution in [3.8, 4) is 0 Å². The summed E-state index contributed by atoms with van der Waals surface area (Å²) in [7, 11) is 3.91. The maximum absolute atomic E-state index is 10.9. The molecule has 0 fully saturated rings. The summed E-state index contributed by atoms with van der Waals surface area (Å²) in [6, 6.07) is 0. The first-order valence-electron chi connectivity index (χ1n) is 4.70. The number of nitrogens with zero attached hydrogens (tertiary/aromatic N) is 1. The van der Waals surface area contributed by atoms with Gasteiger partial charge < -0.3 is 22.3 Å². The molecule has 4 nitrogen and oxygen atoms in total. The number of ether oxygens (including phenoxy) is 1. The molecule has 0 aliphatic carbocycles. The lowest BCUT2D eigenvalue weighted by molar-refractivity contribution is -0.932. The van der Waals surface area contributed by atoms with E-state index >= 15 is 0 Å². The van der Waals surface area contributed by atoms with Gasteiger partial charge in [-0.25, -0.2) is 4.79 Å². The van der Waals surface area contributed by atoms with E-state index in [1.807, 2.05) is 21.0 Å². The number of halogens is 1. The molecule has 15 heavy (non-hydrogen) atoms. The fourth-order valence-electron chi connectivity index (χ4n) is 1.02. The first-order chi connectivity index (χ1) is 6.44. The van der Waals surface area contributed by atoms with Crippen LogP contribution in [-0.2, 0) is 9.53 Å². The van der Waals surface area contributed by atoms with E-state index in [0.717, 1.165) is 12.6 Å². The zero-order valence-electron chi connectivity index (χ0n) is 9.57. The number of aliphatic hydroxyl groups excluding tert-OH is 1. The quantitative estimate of drug-likeness (QED) is 0.241. The maximum atomic E-state index is 10.9. The molecule has 0 aromatic rings. The van der Waals surface area contributed by atoms with E-state index in [-0.39, 0.29) is 25.2 Å². The highest BCUT2D eigenvalue weighted by Crippen LogP contribution is 2.09. The summed E-state index contributed by atoms with van der Waals surface area (Å²) < 4.78 is 5.64. The van der Waals surface area contributed by atoms with Crippen molar-refractivity contribution in [2.24, 2.45) is 0 Å². The van der Waals surface area contributed by atoms with Crippen molar-refractivity contribution >= 4 is 5.97 Å². The van der Waals surface area contributed by atoms with Crippen molar-refractivity contribution in [1.29, 1.82) is 0 Å². The normalized spacial score (nSPS) is 12.5. The van der Waals surface area contributed by atoms with Crippen molar-refractivity contribution in [2.75, 3.05) is 27.2 Å². The maximum Gasteiger partial charge on any atom is 0.334 e. The first-order valence-corrected chi connectivity index (χ1v) is 4.70. The Kier molecular flexibility index (Phi) is 8.62. The standard InChI is InChI=1S/C10H20NO3.ClH/c1-5-10(13)14-9(2)11(3,4)7-6-8-12;/h5,9,12H,1,6-8H2,2-4H3;1H/q+1;/p-1. The third-order valence-electron chi connectivity index (χ3n) is 2.33. The minimum atomic E-state index is -0.410. The van der Waals surface area contributed by atoms with Crippen LogP contribution in [0.5, 0.6) is 0 Å². The van der Waals surface area contributed by atoms with Crippen LogP contribution in [0.25, 0.3) is 0 Å². The Hall–Kier alpha value is -0.580. The van der Waals surface area contributed by atoms with Gasteiger partial charge in [-0.3, -0.25) is 4.48 Å². The monoisotopic (exact) mass is 237 g/mol. The summed E-state index contributed by atoms with van der Waals surface area (Å²) in [6.07, 6.45) is 1.62. The number of carbonyl (C=O) groups excluding carboxylic acids is 1. The van der Waals surface area contributed by atoms with Gasteiger partial charge >= 0.3 is 5.97 Å². The minimum Gasteiger partial charge on any atom is -1.00 e. The van der Waals surface area contributed by atoms with Gasteiger partial charge in [-0.2, -0.15) is 0 Å². The van der Waals surface area contributed by atoms with Crippen molar-refractivity contribution in [2.45, 2.75) is 19.6 Å². The average molecular weight is 238 g/mol. The molecule has 0 aromatic heterocycles. The molecule has 0 rings (SSSR count). The Bertz CT molecular complexity index is 207. The van der Waals surface area contributed by atoms with Gasteiger partial charge in [0.1, 0.15) is 0 Å². The highest BCUT2D eigenvalue weighted by atomic mass is 35.5. The number of hydrogen-bond donors (Lipinski definition) is 1. The highest BCUT2D eigenvalue weighted by Gasteiger charge is 2.25. The second kappa shape index (κ2) is 7.68. The molecule has 1 unspecified atom stereocenters. The molecule has 0 aliphatic rings. The lowest BCUT2D eigenvalue weighted by Crippen LogP contribution is -3.00. The third kappa shape index (κ3) is 6.49. The molecule has 0 bridgehead atoms. The van der Waals surface area contributed by atoms with Crippen molar-refractivity contribution in [3.05, 3.63) is 12.7 Å². The Morgan fingerprint density at radius 2 is 2.13 bits per heavy atom. The highest BCUT2D eigenvalue weighted by molar-refractivity contribution is 5.81. The number of carbonyl (C=O) groups is 1. The molecular weight excluding hydrogens is 218 g/mol. The van der Waals surface area contributed by atoms with Crippen LogP contribution in [0.3, 0.4) is 0 Å². The van der Waals surface area contributed by atoms with Crippen LogP contribution in [0.2, 0.25) is 0 Å². The average Bonchev–Trinajstić information content (AvgIpc) is 2.14. The lowest BCUT2D eigenvalue weighted by atomic mass is 10.3. The fourth-order valence-corrected chi connectivity index (χ4v) is 1.02. The molecule has 0 aromatic carbocycles. The molecule has 0 saturated heterocycles. The van der Waals surface area contributed by atoms with Crippen molar-refractivity contribution in [3.63, 3.8) is 0 Å². The van der Waals surface area contributed by atoms with Crippen LogP contribution in [0.15, 0.2) is 12.7 Å². The molecular formula is C10H20ClNO3. The fraction of sp³-hybridized carbons (Fsp3) is 0.700. The Morgan fingerprint density at radius 3 is 2.53 bits per heavy atom. The van der Waals surface area contributed by atoms with Crippen LogP contribution < -0.4 is 12.4 Å². The van der Waals surface area contributed by atoms with Crippen LogP contribution in [0, 0.1) is 0 Å². The Balaban J connectivity index is 0. The predicted molar refractivity (Wildman–Crippen MR) is 54.4 cm³/mol. The van der Waals surface area contributed by atoms with E-state index in [1.54, 1.807) is 0 Å². The van der Waals surface area contributed by atoms with Crippen molar-refractivity contribution < 1.29 is 31.5 Å². The topological polar surface area (TPSA) is 46.5 Å². The summed E-state index contributed by atoms with van der Waals surface area (Å²) >= 11 is 0. The summed E-state index contributed by atoms with van der Waals surface area (Å²) in [4.78, 5) is 10.9. The van der Waals surface area contributed by atoms with Gasteiger partial charge in [-0.1, -0.05) is 6.58 Å². The zero-order chi connectivity index (χ0) is 11.2. The largest absolute Gasteiger partial charge is 1.00 e. The van der Waals surface area contributed by atoms with Crippen LogP contribution in [0.4, 0.5) is 0 Å². The van der Waals surface area contributed by atoms with E-state index in [4.69, 9.17) is 9.84 Å². The number of rotatable bonds is 6. The molecule has 0 saturated carbocycles. The number of quaternary nitrogens is 1. The lowest BCUT2D eigenvalue weighted by Gasteiger charge is -2.34. The summed E-state index contributed by atoms with van der Waals surface area (Å²) in [5, 5.41) is 8.71. The predicted octanol–water partition coefficient (Wildman–Crippen LogP) is -2.48. The van der Waals surface area contributed by atoms with Crippen LogP contribution >= 0.6 is 0 Å². The van der Waals surface area contributed by atoms with E-state index < -0.39 is 5.97 Å². The molecule has 1 atom stereocenters. The molecule has 0 radical (unpaired) electrons. The number of aliphatic hydroxyl groups is 1. The second-order valence-electron chi connectivity index (χ2n) is 3.82. The molecule has 1 N–H and O–H groups in total. The van der Waals surface area contributed by atoms with Gasteiger partial charge in [0, 0.05) is 26.0 Å². The minimum absolute atomic E-state index is 0. The van der Waals surface area contributed by atoms with Crippen LogP contribution in [-0.4, -0.2) is 49.0 Å². The first kappa shape index (κ1) is 16.8. The van der Waals surface area contributed by atoms with Gasteiger partial charge in [0.2, 0.25) is 6.23 Å². The smallest absolute Gasteiger partial charge is 0.334 e. The van der Waals surface area contributed by atoms with Gasteiger partial charge in [-0.05, 0) is 0 Å². The van der Waals surface area contributed by atoms with Gasteiger partial charge in [0.25, 0.3) is 0 Å². The van der Waals surface area contributed by atoms with Gasteiger partial charge in [0.15, 0.2) is 0 Å². The van der Waals surface area contributed by atoms with E-state index in [9.17, 15) is 4.79 Å². The summed E-state index contributed by atoms with van der Waals surface area (Å²) in [5.74, 6) is -0.410. The molecule has 0 heterocycles. The number of esters is 1. The van der Waals surface area contributed by atoms with E-state index in [0.29, 0.717) is 10.9 Å². The van der Waals surface area contributed by atoms with Gasteiger partial charge in [0.05, 0.1) is 20.6 Å². The Morgan fingerprint density at radius 1 is 1.60 bits per heavy atom. The molecule has 0 amide bonds. The second-order valence-corrected chi connectivity index (χ2v) is 3.82. The molecule has 0 aliphatic heterocycles. The SMILES string of the molecule is C=CC(=O)OC(C)[N+](C)(C)CCCO.[Cl-].